The van der Waals surface area contributed by atoms with Crippen molar-refractivity contribution in [2.75, 3.05) is 12.4 Å². The summed E-state index contributed by atoms with van der Waals surface area (Å²) in [5.41, 5.74) is 6.13. The number of rotatable bonds is 8. The van der Waals surface area contributed by atoms with Crippen LogP contribution >= 0.6 is 50.5 Å². The number of thiazole rings is 1. The maximum atomic E-state index is 6.35. The molecule has 0 amide bonds. The van der Waals surface area contributed by atoms with Gasteiger partial charge in [-0.15, -0.1) is 11.3 Å². The van der Waals surface area contributed by atoms with Crippen molar-refractivity contribution in [1.29, 1.82) is 0 Å². The minimum atomic E-state index is 0.284. The third-order valence-electron chi connectivity index (χ3n) is 5.92. The van der Waals surface area contributed by atoms with Gasteiger partial charge in [-0.3, -0.25) is 0 Å². The molecular formula is C29H23BrCl2N2O2S. The average molecular weight is 614 g/mol. The number of anilines is 1. The first-order chi connectivity index (χ1) is 17.9. The smallest absolute Gasteiger partial charge is 0.167 e. The fourth-order valence-electron chi connectivity index (χ4n) is 3.93. The summed E-state index contributed by atoms with van der Waals surface area (Å²) in [6, 6.07) is 23.9. The molecular weight excluding hydrogens is 591 g/mol. The average Bonchev–Trinajstić information content (AvgIpc) is 3.31. The van der Waals surface area contributed by atoms with Crippen molar-refractivity contribution < 1.29 is 9.47 Å². The lowest BCUT2D eigenvalue weighted by molar-refractivity contribution is 0.281. The first-order valence-electron chi connectivity index (χ1n) is 11.5. The highest BCUT2D eigenvalue weighted by atomic mass is 79.9. The van der Waals surface area contributed by atoms with Gasteiger partial charge in [0.05, 0.1) is 17.3 Å². The second-order valence-electron chi connectivity index (χ2n) is 8.50. The largest absolute Gasteiger partial charge is 0.493 e. The standard InChI is InChI=1S/C29H23BrCl2N2O2S/c1-17-3-11-25-27(13-17)37-29(34-25)18-5-8-21(9-6-18)33-15-22-23(30)10-12-26(35-2)28(22)36-16-19-4-7-20(31)14-24(19)32/h3-14,33H,15-16H2,1-2H3. The van der Waals surface area contributed by atoms with Crippen LogP contribution in [-0.4, -0.2) is 12.1 Å². The summed E-state index contributed by atoms with van der Waals surface area (Å²) in [6.45, 7) is 2.91. The van der Waals surface area contributed by atoms with Gasteiger partial charge in [0.2, 0.25) is 0 Å². The van der Waals surface area contributed by atoms with Crippen LogP contribution in [-0.2, 0) is 13.2 Å². The Morgan fingerprint density at radius 2 is 1.78 bits per heavy atom. The number of methoxy groups -OCH3 is 1. The van der Waals surface area contributed by atoms with Crippen molar-refractivity contribution in [1.82, 2.24) is 4.98 Å². The monoisotopic (exact) mass is 612 g/mol. The molecule has 0 atom stereocenters. The molecule has 0 aliphatic rings. The summed E-state index contributed by atoms with van der Waals surface area (Å²) < 4.78 is 13.9. The molecule has 1 N–H and O–H groups in total. The lowest BCUT2D eigenvalue weighted by atomic mass is 10.1. The molecule has 4 nitrogen and oxygen atoms in total. The zero-order chi connectivity index (χ0) is 25.9. The highest BCUT2D eigenvalue weighted by Gasteiger charge is 2.16. The molecule has 0 unspecified atom stereocenters. The Morgan fingerprint density at radius 1 is 0.973 bits per heavy atom. The summed E-state index contributed by atoms with van der Waals surface area (Å²) in [7, 11) is 1.63. The van der Waals surface area contributed by atoms with Gasteiger partial charge in [0, 0.05) is 43.4 Å². The number of aryl methyl sites for hydroxylation is 1. The van der Waals surface area contributed by atoms with E-state index in [1.54, 1.807) is 30.6 Å². The van der Waals surface area contributed by atoms with Crippen LogP contribution in [0.2, 0.25) is 10.0 Å². The summed E-state index contributed by atoms with van der Waals surface area (Å²) in [5.74, 6) is 1.29. The van der Waals surface area contributed by atoms with Gasteiger partial charge in [0.15, 0.2) is 11.5 Å². The molecule has 5 rings (SSSR count). The van der Waals surface area contributed by atoms with Crippen LogP contribution in [0.1, 0.15) is 16.7 Å². The van der Waals surface area contributed by atoms with Crippen molar-refractivity contribution >= 4 is 66.4 Å². The first-order valence-corrected chi connectivity index (χ1v) is 13.9. The van der Waals surface area contributed by atoms with Crippen LogP contribution in [0.4, 0.5) is 5.69 Å². The number of nitrogens with one attached hydrogen (secondary N) is 1. The van der Waals surface area contributed by atoms with E-state index in [4.69, 9.17) is 37.7 Å². The zero-order valence-electron chi connectivity index (χ0n) is 20.1. The zero-order valence-corrected chi connectivity index (χ0v) is 24.1. The first kappa shape index (κ1) is 25.9. The fourth-order valence-corrected chi connectivity index (χ4v) is 5.92. The quantitative estimate of drug-likeness (QED) is 0.189. The molecule has 0 saturated carbocycles. The van der Waals surface area contributed by atoms with Crippen LogP contribution in [0.25, 0.3) is 20.8 Å². The van der Waals surface area contributed by atoms with Crippen LogP contribution < -0.4 is 14.8 Å². The molecule has 4 aromatic carbocycles. The van der Waals surface area contributed by atoms with E-state index < -0.39 is 0 Å². The fraction of sp³-hybridized carbons (Fsp3) is 0.138. The number of hydrogen-bond donors (Lipinski definition) is 1. The van der Waals surface area contributed by atoms with E-state index in [-0.39, 0.29) is 6.61 Å². The van der Waals surface area contributed by atoms with Crippen molar-refractivity contribution in [2.45, 2.75) is 20.1 Å². The van der Waals surface area contributed by atoms with E-state index in [0.717, 1.165) is 37.4 Å². The molecule has 5 aromatic rings. The van der Waals surface area contributed by atoms with Gasteiger partial charge in [-0.05, 0) is 73.2 Å². The Hall–Kier alpha value is -2.77. The van der Waals surface area contributed by atoms with E-state index in [0.29, 0.717) is 28.1 Å². The van der Waals surface area contributed by atoms with E-state index in [1.807, 2.05) is 18.2 Å². The molecule has 0 aliphatic carbocycles. The van der Waals surface area contributed by atoms with E-state index >= 15 is 0 Å². The van der Waals surface area contributed by atoms with Gasteiger partial charge in [0.1, 0.15) is 11.6 Å². The van der Waals surface area contributed by atoms with Crippen LogP contribution in [0.5, 0.6) is 11.5 Å². The molecule has 1 aromatic heterocycles. The molecule has 1 heterocycles. The second kappa shape index (κ2) is 11.3. The summed E-state index contributed by atoms with van der Waals surface area (Å²) in [6.07, 6.45) is 0. The minimum absolute atomic E-state index is 0.284. The molecule has 0 aliphatic heterocycles. The number of halogens is 3. The molecule has 0 bridgehead atoms. The van der Waals surface area contributed by atoms with E-state index in [9.17, 15) is 0 Å². The molecule has 0 radical (unpaired) electrons. The van der Waals surface area contributed by atoms with Crippen molar-refractivity contribution in [3.63, 3.8) is 0 Å². The molecule has 0 saturated heterocycles. The normalized spacial score (nSPS) is 11.1. The topological polar surface area (TPSA) is 43.4 Å². The Kier molecular flexibility index (Phi) is 7.91. The third-order valence-corrected chi connectivity index (χ3v) is 8.32. The maximum absolute atomic E-state index is 6.35. The van der Waals surface area contributed by atoms with Gasteiger partial charge < -0.3 is 14.8 Å². The Balaban J connectivity index is 1.33. The molecule has 188 valence electrons. The summed E-state index contributed by atoms with van der Waals surface area (Å²) in [5, 5.41) is 5.66. The van der Waals surface area contributed by atoms with Crippen LogP contribution in [0.15, 0.2) is 77.3 Å². The predicted octanol–water partition coefficient (Wildman–Crippen LogP) is 9.54. The predicted molar refractivity (Wildman–Crippen MR) is 159 cm³/mol. The Bertz CT molecular complexity index is 1570. The van der Waals surface area contributed by atoms with Crippen molar-refractivity contribution in [2.24, 2.45) is 0 Å². The van der Waals surface area contributed by atoms with E-state index in [1.165, 1.54) is 10.3 Å². The maximum Gasteiger partial charge on any atom is 0.167 e. The van der Waals surface area contributed by atoms with E-state index in [2.05, 4.69) is 70.6 Å². The molecule has 0 spiro atoms. The number of fused-ring (bicyclic) bond motifs is 1. The molecule has 0 fully saturated rings. The van der Waals surface area contributed by atoms with Crippen LogP contribution in [0, 0.1) is 6.92 Å². The highest BCUT2D eigenvalue weighted by molar-refractivity contribution is 9.10. The summed E-state index contributed by atoms with van der Waals surface area (Å²) >= 11 is 17.8. The second-order valence-corrected chi connectivity index (χ2v) is 11.2. The number of hydrogen-bond acceptors (Lipinski definition) is 5. The summed E-state index contributed by atoms with van der Waals surface area (Å²) in [4.78, 5) is 4.79. The SMILES string of the molecule is COc1ccc(Br)c(CNc2ccc(-c3nc4ccc(C)cc4s3)cc2)c1OCc1ccc(Cl)cc1Cl. The third kappa shape index (κ3) is 5.88. The van der Waals surface area contributed by atoms with Crippen molar-refractivity contribution in [3.05, 3.63) is 104 Å². The number of ether oxygens (including phenoxy) is 2. The number of nitrogens with zero attached hydrogens (tertiary/aromatic N) is 1. The van der Waals surface area contributed by atoms with Crippen LogP contribution in [0.3, 0.4) is 0 Å². The Morgan fingerprint density at radius 3 is 2.54 bits per heavy atom. The van der Waals surface area contributed by atoms with Gasteiger partial charge in [-0.2, -0.15) is 0 Å². The van der Waals surface area contributed by atoms with Gasteiger partial charge in [0.25, 0.3) is 0 Å². The molecule has 8 heteroatoms. The number of aromatic nitrogens is 1. The van der Waals surface area contributed by atoms with Crippen molar-refractivity contribution in [3.8, 4) is 22.1 Å². The lowest BCUT2D eigenvalue weighted by Crippen LogP contribution is -2.06. The minimum Gasteiger partial charge on any atom is -0.493 e. The Labute approximate surface area is 238 Å². The van der Waals surface area contributed by atoms with Gasteiger partial charge >= 0.3 is 0 Å². The van der Waals surface area contributed by atoms with Gasteiger partial charge in [-0.1, -0.05) is 51.3 Å². The van der Waals surface area contributed by atoms with Gasteiger partial charge in [-0.25, -0.2) is 4.98 Å². The lowest BCUT2D eigenvalue weighted by Gasteiger charge is -2.18. The number of benzene rings is 4. The highest BCUT2D eigenvalue weighted by Crippen LogP contribution is 2.38. The molecule has 37 heavy (non-hydrogen) atoms.